The minimum atomic E-state index is -0.395. The average Bonchev–Trinajstić information content (AvgIpc) is 3.34. The van der Waals surface area contributed by atoms with Crippen LogP contribution < -0.4 is 10.6 Å². The average molecular weight is 406 g/mol. The van der Waals surface area contributed by atoms with E-state index >= 15 is 0 Å². The smallest absolute Gasteiger partial charge is 0.317 e. The third kappa shape index (κ3) is 4.30. The van der Waals surface area contributed by atoms with Gasteiger partial charge in [-0.1, -0.05) is 60.7 Å². The van der Waals surface area contributed by atoms with Crippen LogP contribution in [0, 0.1) is 0 Å². The van der Waals surface area contributed by atoms with Gasteiger partial charge in [-0.2, -0.15) is 0 Å². The second-order valence-corrected chi connectivity index (χ2v) is 7.66. The lowest BCUT2D eigenvalue weighted by molar-refractivity contribution is -0.129. The Morgan fingerprint density at radius 2 is 1.13 bits per heavy atom. The van der Waals surface area contributed by atoms with Gasteiger partial charge in [-0.05, 0) is 24.0 Å². The fourth-order valence-electron chi connectivity index (χ4n) is 4.28. The molecular weight excluding hydrogens is 380 g/mol. The van der Waals surface area contributed by atoms with Gasteiger partial charge in [0.15, 0.2) is 0 Å². The maximum atomic E-state index is 12.4. The predicted molar refractivity (Wildman–Crippen MR) is 112 cm³/mol. The zero-order chi connectivity index (χ0) is 20.9. The number of carbonyl (C=O) groups is 3. The highest BCUT2D eigenvalue weighted by Gasteiger charge is 2.33. The van der Waals surface area contributed by atoms with Crippen LogP contribution in [0.5, 0.6) is 0 Å². The second-order valence-electron chi connectivity index (χ2n) is 7.66. The highest BCUT2D eigenvalue weighted by molar-refractivity contribution is 5.81. The van der Waals surface area contributed by atoms with Crippen LogP contribution in [0.25, 0.3) is 0 Å². The lowest BCUT2D eigenvalue weighted by atomic mass is 10.1. The number of carbonyl (C=O) groups excluding carboxylic acids is 3. The van der Waals surface area contributed by atoms with E-state index in [1.54, 1.807) is 9.80 Å². The number of hydrogen-bond donors (Lipinski definition) is 2. The van der Waals surface area contributed by atoms with Crippen molar-refractivity contribution in [2.75, 3.05) is 13.3 Å². The fraction of sp³-hybridized carbons (Fsp3) is 0.348. The van der Waals surface area contributed by atoms with Gasteiger partial charge < -0.3 is 20.4 Å². The van der Waals surface area contributed by atoms with Crippen LogP contribution in [0.2, 0.25) is 0 Å². The fourth-order valence-corrected chi connectivity index (χ4v) is 4.28. The van der Waals surface area contributed by atoms with E-state index in [1.165, 1.54) is 0 Å². The van der Waals surface area contributed by atoms with Gasteiger partial charge in [0.1, 0.15) is 0 Å². The number of hydrogen-bond acceptors (Lipinski definition) is 3. The molecule has 0 saturated carbocycles. The van der Waals surface area contributed by atoms with Crippen molar-refractivity contribution in [1.82, 2.24) is 20.4 Å². The van der Waals surface area contributed by atoms with Gasteiger partial charge in [0.2, 0.25) is 11.8 Å². The Kier molecular flexibility index (Phi) is 5.97. The molecule has 2 aromatic rings. The number of benzene rings is 2. The minimum Gasteiger partial charge on any atom is -0.320 e. The number of nitrogens with zero attached hydrogens (tertiary/aromatic N) is 2. The van der Waals surface area contributed by atoms with Crippen LogP contribution in [-0.2, 0) is 9.59 Å². The maximum absolute atomic E-state index is 12.4. The van der Waals surface area contributed by atoms with Crippen LogP contribution in [-0.4, -0.2) is 41.0 Å². The first-order chi connectivity index (χ1) is 14.6. The molecule has 0 bridgehead atoms. The van der Waals surface area contributed by atoms with Crippen molar-refractivity contribution in [3.8, 4) is 0 Å². The molecular formula is C23H26N4O3. The zero-order valence-electron chi connectivity index (χ0n) is 16.8. The summed E-state index contributed by atoms with van der Waals surface area (Å²) in [5, 5.41) is 5.53. The summed E-state index contributed by atoms with van der Waals surface area (Å²) in [5.74, 6) is 0.0611. The molecule has 0 aromatic heterocycles. The standard InChI is InChI=1S/C23H26N4O3/c28-21-13-11-19(17-7-3-1-4-8-17)26(21)15-24-23(30)25-16-27-20(12-14-22(27)29)18-9-5-2-6-10-18/h1-10,19-20H,11-16H2,(H2,24,25,30). The molecule has 2 fully saturated rings. The summed E-state index contributed by atoms with van der Waals surface area (Å²) in [5.41, 5.74) is 2.14. The van der Waals surface area contributed by atoms with E-state index in [1.807, 2.05) is 60.7 Å². The van der Waals surface area contributed by atoms with Crippen molar-refractivity contribution in [3.05, 3.63) is 71.8 Å². The molecule has 2 unspecified atom stereocenters. The van der Waals surface area contributed by atoms with E-state index in [0.717, 1.165) is 24.0 Å². The Bertz CT molecular complexity index is 830. The number of urea groups is 1. The van der Waals surface area contributed by atoms with Crippen molar-refractivity contribution in [1.29, 1.82) is 0 Å². The van der Waals surface area contributed by atoms with Crippen molar-refractivity contribution in [2.24, 2.45) is 0 Å². The van der Waals surface area contributed by atoms with E-state index in [-0.39, 0.29) is 37.2 Å². The van der Waals surface area contributed by atoms with Crippen LogP contribution in [0.15, 0.2) is 60.7 Å². The number of rotatable bonds is 6. The molecule has 2 heterocycles. The third-order valence-electron chi connectivity index (χ3n) is 5.85. The Balaban J connectivity index is 1.31. The van der Waals surface area contributed by atoms with Crippen LogP contribution in [0.3, 0.4) is 0 Å². The molecule has 2 saturated heterocycles. The Labute approximate surface area is 176 Å². The summed E-state index contributed by atoms with van der Waals surface area (Å²) in [6, 6.07) is 19.2. The van der Waals surface area contributed by atoms with Gasteiger partial charge in [0.25, 0.3) is 0 Å². The summed E-state index contributed by atoms with van der Waals surface area (Å²) < 4.78 is 0. The molecule has 156 valence electrons. The van der Waals surface area contributed by atoms with Crippen molar-refractivity contribution >= 4 is 17.8 Å². The number of nitrogens with one attached hydrogen (secondary N) is 2. The molecule has 2 aliphatic heterocycles. The van der Waals surface area contributed by atoms with E-state index in [9.17, 15) is 14.4 Å². The largest absolute Gasteiger partial charge is 0.320 e. The monoisotopic (exact) mass is 406 g/mol. The van der Waals surface area contributed by atoms with Crippen LogP contribution in [0.1, 0.15) is 48.9 Å². The van der Waals surface area contributed by atoms with E-state index < -0.39 is 6.03 Å². The molecule has 0 spiro atoms. The van der Waals surface area contributed by atoms with Crippen molar-refractivity contribution in [2.45, 2.75) is 37.8 Å². The first kappa shape index (κ1) is 19.9. The van der Waals surface area contributed by atoms with Gasteiger partial charge in [-0.25, -0.2) is 4.79 Å². The molecule has 2 atom stereocenters. The lowest BCUT2D eigenvalue weighted by Crippen LogP contribution is -2.47. The Morgan fingerprint density at radius 1 is 0.733 bits per heavy atom. The molecule has 2 aliphatic rings. The number of likely N-dealkylation sites (tertiary alicyclic amines) is 2. The minimum absolute atomic E-state index is 0.0263. The molecule has 7 heteroatoms. The molecule has 4 amide bonds. The first-order valence-electron chi connectivity index (χ1n) is 10.3. The van der Waals surface area contributed by atoms with Crippen LogP contribution >= 0.6 is 0 Å². The van der Waals surface area contributed by atoms with Gasteiger partial charge >= 0.3 is 6.03 Å². The second kappa shape index (κ2) is 8.98. The highest BCUT2D eigenvalue weighted by atomic mass is 16.2. The molecule has 30 heavy (non-hydrogen) atoms. The zero-order valence-corrected chi connectivity index (χ0v) is 16.8. The highest BCUT2D eigenvalue weighted by Crippen LogP contribution is 2.32. The van der Waals surface area contributed by atoms with Gasteiger partial charge in [-0.3, -0.25) is 9.59 Å². The van der Waals surface area contributed by atoms with Gasteiger partial charge in [-0.15, -0.1) is 0 Å². The summed E-state index contributed by atoms with van der Waals surface area (Å²) in [4.78, 5) is 40.3. The summed E-state index contributed by atoms with van der Waals surface area (Å²) >= 11 is 0. The SMILES string of the molecule is O=C(NCN1C(=O)CCC1c1ccccc1)NCN1C(=O)CCC1c1ccccc1. The van der Waals surface area contributed by atoms with E-state index in [4.69, 9.17) is 0 Å². The summed E-state index contributed by atoms with van der Waals surface area (Å²) in [6.07, 6.45) is 2.44. The molecule has 7 nitrogen and oxygen atoms in total. The maximum Gasteiger partial charge on any atom is 0.317 e. The Morgan fingerprint density at radius 3 is 1.53 bits per heavy atom. The van der Waals surface area contributed by atoms with Crippen molar-refractivity contribution in [3.63, 3.8) is 0 Å². The lowest BCUT2D eigenvalue weighted by Gasteiger charge is -2.27. The van der Waals surface area contributed by atoms with Crippen LogP contribution in [0.4, 0.5) is 4.79 Å². The van der Waals surface area contributed by atoms with E-state index in [2.05, 4.69) is 10.6 Å². The molecule has 2 N–H and O–H groups in total. The normalized spacial score (nSPS) is 21.2. The molecule has 0 radical (unpaired) electrons. The summed E-state index contributed by atoms with van der Waals surface area (Å²) in [7, 11) is 0. The molecule has 4 rings (SSSR count). The quantitative estimate of drug-likeness (QED) is 0.774. The third-order valence-corrected chi connectivity index (χ3v) is 5.85. The van der Waals surface area contributed by atoms with Gasteiger partial charge in [0, 0.05) is 12.8 Å². The van der Waals surface area contributed by atoms with Crippen molar-refractivity contribution < 1.29 is 14.4 Å². The van der Waals surface area contributed by atoms with Gasteiger partial charge in [0.05, 0.1) is 25.4 Å². The molecule has 2 aromatic carbocycles. The van der Waals surface area contributed by atoms with E-state index in [0.29, 0.717) is 12.8 Å². The molecule has 0 aliphatic carbocycles. The topological polar surface area (TPSA) is 81.8 Å². The number of amides is 4. The Hall–Kier alpha value is -3.35. The summed E-state index contributed by atoms with van der Waals surface area (Å²) in [6.45, 7) is 0.278. The predicted octanol–water partition coefficient (Wildman–Crippen LogP) is 2.93. The first-order valence-corrected chi connectivity index (χ1v) is 10.3.